The summed E-state index contributed by atoms with van der Waals surface area (Å²) in [5, 5.41) is 8.78. The van der Waals surface area contributed by atoms with Crippen molar-refractivity contribution < 1.29 is 9.13 Å². The summed E-state index contributed by atoms with van der Waals surface area (Å²) in [6.07, 6.45) is 0. The minimum atomic E-state index is -0.435. The molecule has 1 atom stereocenters. The normalized spacial score (nSPS) is 11.7. The molecule has 2 aromatic rings. The quantitative estimate of drug-likeness (QED) is 0.927. The number of hydrogen-bond acceptors (Lipinski definition) is 3. The average Bonchev–Trinajstić information content (AvgIpc) is 2.45. The van der Waals surface area contributed by atoms with E-state index in [0.717, 1.165) is 5.56 Å². The van der Waals surface area contributed by atoms with Crippen molar-refractivity contribution in [1.29, 1.82) is 5.26 Å². The summed E-state index contributed by atoms with van der Waals surface area (Å²) in [6.45, 7) is 2.12. The molecule has 2 aromatic carbocycles. The third-order valence-corrected chi connectivity index (χ3v) is 2.90. The van der Waals surface area contributed by atoms with Crippen molar-refractivity contribution in [3.8, 4) is 11.8 Å². The summed E-state index contributed by atoms with van der Waals surface area (Å²) in [5.41, 5.74) is 7.70. The lowest BCUT2D eigenvalue weighted by Crippen LogP contribution is -2.04. The molecule has 0 saturated heterocycles. The highest BCUT2D eigenvalue weighted by atomic mass is 19.1. The smallest absolute Gasteiger partial charge is 0.124 e. The first-order valence-corrected chi connectivity index (χ1v) is 6.26. The van der Waals surface area contributed by atoms with Gasteiger partial charge in [-0.25, -0.2) is 4.39 Å². The van der Waals surface area contributed by atoms with E-state index >= 15 is 0 Å². The molecule has 0 unspecified atom stereocenters. The first-order valence-electron chi connectivity index (χ1n) is 6.26. The van der Waals surface area contributed by atoms with Crippen molar-refractivity contribution in [3.05, 3.63) is 65.0 Å². The zero-order valence-corrected chi connectivity index (χ0v) is 11.1. The molecule has 0 bridgehead atoms. The molecule has 2 rings (SSSR count). The van der Waals surface area contributed by atoms with Crippen LogP contribution in [0, 0.1) is 17.1 Å². The van der Waals surface area contributed by atoms with Gasteiger partial charge in [-0.15, -0.1) is 0 Å². The zero-order chi connectivity index (χ0) is 14.5. The molecular weight excluding hydrogens is 255 g/mol. The second kappa shape index (κ2) is 6.18. The fourth-order valence-electron chi connectivity index (χ4n) is 1.83. The number of nitriles is 1. The summed E-state index contributed by atoms with van der Waals surface area (Å²) < 4.78 is 18.8. The van der Waals surface area contributed by atoms with E-state index in [0.29, 0.717) is 11.3 Å². The topological polar surface area (TPSA) is 59.0 Å². The second-order valence-electron chi connectivity index (χ2n) is 4.61. The van der Waals surface area contributed by atoms with Crippen molar-refractivity contribution in [2.24, 2.45) is 5.73 Å². The first kappa shape index (κ1) is 14.0. The second-order valence-corrected chi connectivity index (χ2v) is 4.61. The fourth-order valence-corrected chi connectivity index (χ4v) is 1.83. The molecule has 0 spiro atoms. The van der Waals surface area contributed by atoms with Crippen LogP contribution in [0.15, 0.2) is 42.5 Å². The molecule has 20 heavy (non-hydrogen) atoms. The van der Waals surface area contributed by atoms with Gasteiger partial charge in [0.2, 0.25) is 0 Å². The summed E-state index contributed by atoms with van der Waals surface area (Å²) in [6, 6.07) is 13.5. The summed E-state index contributed by atoms with van der Waals surface area (Å²) in [5.74, 6) is 0.243. The van der Waals surface area contributed by atoms with Crippen LogP contribution < -0.4 is 10.5 Å². The zero-order valence-electron chi connectivity index (χ0n) is 11.1. The van der Waals surface area contributed by atoms with Gasteiger partial charge < -0.3 is 10.5 Å². The van der Waals surface area contributed by atoms with Gasteiger partial charge in [0, 0.05) is 6.04 Å². The Hall–Kier alpha value is -2.38. The van der Waals surface area contributed by atoms with Crippen LogP contribution >= 0.6 is 0 Å². The number of ether oxygens (including phenoxy) is 1. The molecule has 0 fully saturated rings. The van der Waals surface area contributed by atoms with Gasteiger partial charge >= 0.3 is 0 Å². The molecule has 0 radical (unpaired) electrons. The Kier molecular flexibility index (Phi) is 4.34. The van der Waals surface area contributed by atoms with Gasteiger partial charge in [0.15, 0.2) is 0 Å². The van der Waals surface area contributed by atoms with Crippen LogP contribution in [-0.2, 0) is 6.61 Å². The van der Waals surface area contributed by atoms with Gasteiger partial charge in [-0.2, -0.15) is 5.26 Å². The van der Waals surface area contributed by atoms with Gasteiger partial charge in [-0.1, -0.05) is 12.1 Å². The Labute approximate surface area is 117 Å². The van der Waals surface area contributed by atoms with Crippen molar-refractivity contribution in [2.75, 3.05) is 0 Å². The van der Waals surface area contributed by atoms with Crippen LogP contribution in [0.4, 0.5) is 4.39 Å². The van der Waals surface area contributed by atoms with E-state index in [1.165, 1.54) is 12.1 Å². The van der Waals surface area contributed by atoms with Crippen molar-refractivity contribution >= 4 is 0 Å². The van der Waals surface area contributed by atoms with Crippen molar-refractivity contribution in [1.82, 2.24) is 0 Å². The van der Waals surface area contributed by atoms with Gasteiger partial charge in [0.25, 0.3) is 0 Å². The lowest BCUT2D eigenvalue weighted by molar-refractivity contribution is 0.305. The van der Waals surface area contributed by atoms with E-state index in [9.17, 15) is 4.39 Å². The maximum Gasteiger partial charge on any atom is 0.124 e. The van der Waals surface area contributed by atoms with Crippen LogP contribution in [0.1, 0.15) is 29.7 Å². The monoisotopic (exact) mass is 270 g/mol. The summed E-state index contributed by atoms with van der Waals surface area (Å²) in [4.78, 5) is 0. The fraction of sp³-hybridized carbons (Fsp3) is 0.188. The van der Waals surface area contributed by atoms with E-state index in [1.54, 1.807) is 6.07 Å². The van der Waals surface area contributed by atoms with Crippen LogP contribution in [0.2, 0.25) is 0 Å². The molecule has 0 aromatic heterocycles. The predicted molar refractivity (Wildman–Crippen MR) is 74.5 cm³/mol. The maximum atomic E-state index is 13.3. The lowest BCUT2D eigenvalue weighted by Gasteiger charge is -2.09. The number of rotatable bonds is 4. The third kappa shape index (κ3) is 3.56. The Morgan fingerprint density at radius 1 is 1.25 bits per heavy atom. The van der Waals surface area contributed by atoms with Crippen molar-refractivity contribution in [2.45, 2.75) is 19.6 Å². The SMILES string of the molecule is C[C@@H](N)c1ccc(OCc2cc(F)cc(C#N)c2)cc1. The number of hydrogen-bond donors (Lipinski definition) is 1. The minimum Gasteiger partial charge on any atom is -0.489 e. The molecule has 0 heterocycles. The van der Waals surface area contributed by atoms with Crippen molar-refractivity contribution in [3.63, 3.8) is 0 Å². The summed E-state index contributed by atoms with van der Waals surface area (Å²) >= 11 is 0. The van der Waals surface area contributed by atoms with E-state index in [1.807, 2.05) is 37.3 Å². The maximum absolute atomic E-state index is 13.3. The van der Waals surface area contributed by atoms with Gasteiger partial charge in [0.1, 0.15) is 18.2 Å². The van der Waals surface area contributed by atoms with Gasteiger partial charge in [-0.05, 0) is 48.4 Å². The van der Waals surface area contributed by atoms with E-state index < -0.39 is 5.82 Å². The van der Waals surface area contributed by atoms with Gasteiger partial charge in [-0.3, -0.25) is 0 Å². The third-order valence-electron chi connectivity index (χ3n) is 2.90. The molecule has 3 nitrogen and oxygen atoms in total. The van der Waals surface area contributed by atoms with E-state index in [2.05, 4.69) is 0 Å². The first-order chi connectivity index (χ1) is 9.58. The molecule has 0 saturated carbocycles. The Balaban J connectivity index is 2.05. The Bertz CT molecular complexity index is 630. The number of benzene rings is 2. The standard InChI is InChI=1S/C16H15FN2O/c1-11(19)14-2-4-16(5-3-14)20-10-13-6-12(9-18)7-15(17)8-13/h2-8,11H,10,19H2,1H3/t11-/m1/s1. The number of nitrogens with zero attached hydrogens (tertiary/aromatic N) is 1. The Morgan fingerprint density at radius 3 is 2.55 bits per heavy atom. The summed E-state index contributed by atoms with van der Waals surface area (Å²) in [7, 11) is 0. The molecule has 0 aliphatic rings. The largest absolute Gasteiger partial charge is 0.489 e. The molecule has 0 aliphatic heterocycles. The lowest BCUT2D eigenvalue weighted by atomic mass is 10.1. The van der Waals surface area contributed by atoms with E-state index in [-0.39, 0.29) is 18.2 Å². The molecule has 0 aliphatic carbocycles. The number of nitrogens with two attached hydrogens (primary N) is 1. The van der Waals surface area contributed by atoms with Crippen LogP contribution in [0.3, 0.4) is 0 Å². The highest BCUT2D eigenvalue weighted by Gasteiger charge is 2.03. The van der Waals surface area contributed by atoms with Gasteiger partial charge in [0.05, 0.1) is 11.6 Å². The van der Waals surface area contributed by atoms with Crippen LogP contribution in [-0.4, -0.2) is 0 Å². The molecule has 0 amide bonds. The minimum absolute atomic E-state index is 0.0227. The van der Waals surface area contributed by atoms with E-state index in [4.69, 9.17) is 15.7 Å². The predicted octanol–water partition coefficient (Wildman–Crippen LogP) is 3.30. The molecule has 102 valence electrons. The highest BCUT2D eigenvalue weighted by Crippen LogP contribution is 2.18. The average molecular weight is 270 g/mol. The molecule has 4 heteroatoms. The van der Waals surface area contributed by atoms with Crippen LogP contribution in [0.5, 0.6) is 5.75 Å². The molecular formula is C16H15FN2O. The molecule has 2 N–H and O–H groups in total. The van der Waals surface area contributed by atoms with Crippen LogP contribution in [0.25, 0.3) is 0 Å². The number of halogens is 1. The Morgan fingerprint density at radius 2 is 1.95 bits per heavy atom. The highest BCUT2D eigenvalue weighted by molar-refractivity contribution is 5.34.